The van der Waals surface area contributed by atoms with E-state index < -0.39 is 0 Å². The van der Waals surface area contributed by atoms with Gasteiger partial charge >= 0.3 is 0 Å². The zero-order valence-corrected chi connectivity index (χ0v) is 12.8. The second kappa shape index (κ2) is 5.77. The molecule has 3 rings (SSSR count). The average Bonchev–Trinajstić information content (AvgIpc) is 3.07. The molecule has 4 nitrogen and oxygen atoms in total. The van der Waals surface area contributed by atoms with Crippen molar-refractivity contribution in [3.63, 3.8) is 0 Å². The maximum Gasteiger partial charge on any atom is 0.265 e. The molecule has 0 bridgehead atoms. The predicted molar refractivity (Wildman–Crippen MR) is 83.7 cm³/mol. The summed E-state index contributed by atoms with van der Waals surface area (Å²) in [4.78, 5) is 12.9. The quantitative estimate of drug-likeness (QED) is 0.936. The molecule has 1 atom stereocenters. The molecule has 0 radical (unpaired) electrons. The Morgan fingerprint density at radius 3 is 3.10 bits per heavy atom. The number of anilines is 1. The monoisotopic (exact) mass is 303 g/mol. The van der Waals surface area contributed by atoms with Gasteiger partial charge in [0.2, 0.25) is 0 Å². The first kappa shape index (κ1) is 13.9. The maximum absolute atomic E-state index is 12.2. The lowest BCUT2D eigenvalue weighted by molar-refractivity contribution is 0.103. The van der Waals surface area contributed by atoms with Gasteiger partial charge in [0.1, 0.15) is 17.6 Å². The number of carbonyl (C=O) groups is 1. The first-order valence-corrected chi connectivity index (χ1v) is 7.86. The Hall–Kier alpha value is -2.01. The zero-order valence-electron chi connectivity index (χ0n) is 12.0. The number of amides is 1. The van der Waals surface area contributed by atoms with Gasteiger partial charge in [-0.1, -0.05) is 6.07 Å². The maximum atomic E-state index is 12.2. The molecule has 5 heteroatoms. The second-order valence-corrected chi connectivity index (χ2v) is 5.90. The third kappa shape index (κ3) is 2.88. The lowest BCUT2D eigenvalue weighted by Crippen LogP contribution is -2.11. The SMILES string of the molecule is CCOc1cc2c(cc1NC(=O)c1cccs1)O[C@@H](C)C2. The molecule has 0 spiro atoms. The molecule has 1 aliphatic heterocycles. The van der Waals surface area contributed by atoms with E-state index in [-0.39, 0.29) is 12.0 Å². The van der Waals surface area contributed by atoms with E-state index in [0.29, 0.717) is 22.9 Å². The van der Waals surface area contributed by atoms with Gasteiger partial charge in [-0.3, -0.25) is 4.79 Å². The van der Waals surface area contributed by atoms with Gasteiger partial charge in [-0.05, 0) is 31.4 Å². The second-order valence-electron chi connectivity index (χ2n) is 4.95. The fraction of sp³-hybridized carbons (Fsp3) is 0.312. The highest BCUT2D eigenvalue weighted by Gasteiger charge is 2.22. The van der Waals surface area contributed by atoms with Gasteiger partial charge in [0.25, 0.3) is 5.91 Å². The van der Waals surface area contributed by atoms with Crippen LogP contribution in [0.4, 0.5) is 5.69 Å². The number of carbonyl (C=O) groups excluding carboxylic acids is 1. The Balaban J connectivity index is 1.90. The number of hydrogen-bond acceptors (Lipinski definition) is 4. The minimum atomic E-state index is -0.128. The summed E-state index contributed by atoms with van der Waals surface area (Å²) in [7, 11) is 0. The van der Waals surface area contributed by atoms with Crippen LogP contribution >= 0.6 is 11.3 Å². The Labute approximate surface area is 127 Å². The van der Waals surface area contributed by atoms with Crippen molar-refractivity contribution in [3.05, 3.63) is 40.1 Å². The molecule has 0 saturated carbocycles. The predicted octanol–water partition coefficient (Wildman–Crippen LogP) is 3.72. The van der Waals surface area contributed by atoms with Gasteiger partial charge < -0.3 is 14.8 Å². The van der Waals surface area contributed by atoms with Gasteiger partial charge in [-0.25, -0.2) is 0 Å². The first-order chi connectivity index (χ1) is 10.2. The minimum Gasteiger partial charge on any atom is -0.492 e. The van der Waals surface area contributed by atoms with Gasteiger partial charge in [-0.15, -0.1) is 11.3 Å². The van der Waals surface area contributed by atoms with Crippen LogP contribution in [0.2, 0.25) is 0 Å². The Bertz CT molecular complexity index is 652. The lowest BCUT2D eigenvalue weighted by atomic mass is 10.1. The molecule has 1 aromatic heterocycles. The van der Waals surface area contributed by atoms with E-state index >= 15 is 0 Å². The van der Waals surface area contributed by atoms with Crippen molar-refractivity contribution in [2.24, 2.45) is 0 Å². The highest BCUT2D eigenvalue weighted by atomic mass is 32.1. The van der Waals surface area contributed by atoms with Crippen molar-refractivity contribution in [1.29, 1.82) is 0 Å². The van der Waals surface area contributed by atoms with E-state index in [2.05, 4.69) is 5.32 Å². The van der Waals surface area contributed by atoms with Crippen LogP contribution in [0.5, 0.6) is 11.5 Å². The lowest BCUT2D eigenvalue weighted by Gasteiger charge is -2.13. The summed E-state index contributed by atoms with van der Waals surface area (Å²) >= 11 is 1.41. The van der Waals surface area contributed by atoms with Crippen molar-refractivity contribution in [1.82, 2.24) is 0 Å². The third-order valence-electron chi connectivity index (χ3n) is 3.29. The van der Waals surface area contributed by atoms with Crippen molar-refractivity contribution in [3.8, 4) is 11.5 Å². The van der Waals surface area contributed by atoms with Crippen LogP contribution in [-0.4, -0.2) is 18.6 Å². The molecule has 1 N–H and O–H groups in total. The summed E-state index contributed by atoms with van der Waals surface area (Å²) in [6.45, 7) is 4.51. The molecular formula is C16H17NO3S. The van der Waals surface area contributed by atoms with Crippen molar-refractivity contribution >= 4 is 22.9 Å². The summed E-state index contributed by atoms with van der Waals surface area (Å²) in [5.74, 6) is 1.39. The molecule has 2 aromatic rings. The molecule has 0 fully saturated rings. The van der Waals surface area contributed by atoms with Crippen LogP contribution in [0.25, 0.3) is 0 Å². The van der Waals surface area contributed by atoms with E-state index in [9.17, 15) is 4.79 Å². The molecule has 21 heavy (non-hydrogen) atoms. The van der Waals surface area contributed by atoms with E-state index in [1.807, 2.05) is 37.4 Å². The van der Waals surface area contributed by atoms with Gasteiger partial charge in [0.15, 0.2) is 0 Å². The summed E-state index contributed by atoms with van der Waals surface area (Å²) in [6, 6.07) is 7.48. The first-order valence-electron chi connectivity index (χ1n) is 6.98. The highest BCUT2D eigenvalue weighted by molar-refractivity contribution is 7.12. The minimum absolute atomic E-state index is 0.128. The number of benzene rings is 1. The molecule has 1 aliphatic rings. The molecule has 0 saturated heterocycles. The van der Waals surface area contributed by atoms with Crippen molar-refractivity contribution in [2.45, 2.75) is 26.4 Å². The molecule has 1 aromatic carbocycles. The number of ether oxygens (including phenoxy) is 2. The zero-order chi connectivity index (χ0) is 14.8. The molecular weight excluding hydrogens is 286 g/mol. The fourth-order valence-corrected chi connectivity index (χ4v) is 3.02. The third-order valence-corrected chi connectivity index (χ3v) is 4.16. The van der Waals surface area contributed by atoms with Crippen molar-refractivity contribution in [2.75, 3.05) is 11.9 Å². The Kier molecular flexibility index (Phi) is 3.84. The van der Waals surface area contributed by atoms with E-state index in [1.54, 1.807) is 6.07 Å². The molecule has 0 unspecified atom stereocenters. The summed E-state index contributed by atoms with van der Waals surface area (Å²) in [6.07, 6.45) is 1.03. The van der Waals surface area contributed by atoms with Gasteiger partial charge in [0.05, 0.1) is 17.2 Å². The molecule has 0 aliphatic carbocycles. The van der Waals surface area contributed by atoms with E-state index in [1.165, 1.54) is 11.3 Å². The standard InChI is InChI=1S/C16H17NO3S/c1-3-19-14-8-11-7-10(2)20-13(11)9-12(14)17-16(18)15-5-4-6-21-15/h4-6,8-10H,3,7H2,1-2H3,(H,17,18)/t10-/m0/s1. The van der Waals surface area contributed by atoms with E-state index in [0.717, 1.165) is 17.7 Å². The van der Waals surface area contributed by atoms with Crippen LogP contribution in [0.1, 0.15) is 29.1 Å². The topological polar surface area (TPSA) is 47.6 Å². The largest absolute Gasteiger partial charge is 0.492 e. The molecule has 2 heterocycles. The summed E-state index contributed by atoms with van der Waals surface area (Å²) in [5.41, 5.74) is 1.78. The Morgan fingerprint density at radius 1 is 1.52 bits per heavy atom. The number of thiophene rings is 1. The van der Waals surface area contributed by atoms with Crippen molar-refractivity contribution < 1.29 is 14.3 Å². The highest BCUT2D eigenvalue weighted by Crippen LogP contribution is 2.38. The normalized spacial score (nSPS) is 16.2. The van der Waals surface area contributed by atoms with E-state index in [4.69, 9.17) is 9.47 Å². The van der Waals surface area contributed by atoms with Crippen LogP contribution in [0.15, 0.2) is 29.6 Å². The van der Waals surface area contributed by atoms with Crippen LogP contribution in [0, 0.1) is 0 Å². The summed E-state index contributed by atoms with van der Waals surface area (Å²) < 4.78 is 11.4. The number of hydrogen-bond donors (Lipinski definition) is 1. The number of fused-ring (bicyclic) bond motifs is 1. The summed E-state index contributed by atoms with van der Waals surface area (Å²) in [5, 5.41) is 4.79. The average molecular weight is 303 g/mol. The smallest absolute Gasteiger partial charge is 0.265 e. The number of nitrogens with one attached hydrogen (secondary N) is 1. The van der Waals surface area contributed by atoms with Crippen LogP contribution in [-0.2, 0) is 6.42 Å². The molecule has 110 valence electrons. The Morgan fingerprint density at radius 2 is 2.38 bits per heavy atom. The fourth-order valence-electron chi connectivity index (χ4n) is 2.40. The van der Waals surface area contributed by atoms with Crippen LogP contribution < -0.4 is 14.8 Å². The van der Waals surface area contributed by atoms with Gasteiger partial charge in [-0.2, -0.15) is 0 Å². The van der Waals surface area contributed by atoms with Gasteiger partial charge in [0, 0.05) is 18.1 Å². The number of rotatable bonds is 4. The van der Waals surface area contributed by atoms with Crippen LogP contribution in [0.3, 0.4) is 0 Å². The molecule has 1 amide bonds.